The molecule has 0 spiro atoms. The molecule has 188 valence electrons. The van der Waals surface area contributed by atoms with E-state index >= 15 is 0 Å². The third-order valence-electron chi connectivity index (χ3n) is 5.75. The van der Waals surface area contributed by atoms with E-state index in [0.717, 1.165) is 12.0 Å². The summed E-state index contributed by atoms with van der Waals surface area (Å²) >= 11 is 0. The van der Waals surface area contributed by atoms with Crippen LogP contribution >= 0.6 is 0 Å². The van der Waals surface area contributed by atoms with E-state index in [1.165, 1.54) is 7.11 Å². The fourth-order valence-corrected chi connectivity index (χ4v) is 3.87. The van der Waals surface area contributed by atoms with E-state index < -0.39 is 5.91 Å². The number of azo groups is 1. The van der Waals surface area contributed by atoms with E-state index in [1.807, 2.05) is 50.2 Å². The molecule has 0 aromatic heterocycles. The summed E-state index contributed by atoms with van der Waals surface area (Å²) < 4.78 is 5.39. The highest BCUT2D eigenvalue weighted by Crippen LogP contribution is 2.40. The van der Waals surface area contributed by atoms with Crippen LogP contribution in [0.3, 0.4) is 0 Å². The predicted molar refractivity (Wildman–Crippen MR) is 145 cm³/mol. The van der Waals surface area contributed by atoms with Crippen molar-refractivity contribution in [1.82, 2.24) is 5.32 Å². The van der Waals surface area contributed by atoms with Crippen LogP contribution in [-0.2, 0) is 0 Å². The summed E-state index contributed by atoms with van der Waals surface area (Å²) in [5.74, 6) is -0.599. The van der Waals surface area contributed by atoms with Gasteiger partial charge in [0.25, 0.3) is 11.8 Å². The maximum Gasteiger partial charge on any atom is 0.259 e. The second-order valence-corrected chi connectivity index (χ2v) is 8.51. The molecule has 0 radical (unpaired) electrons. The van der Waals surface area contributed by atoms with Gasteiger partial charge in [-0.3, -0.25) is 9.59 Å². The van der Waals surface area contributed by atoms with Crippen LogP contribution in [0.4, 0.5) is 17.1 Å². The Morgan fingerprint density at radius 2 is 1.76 bits per heavy atom. The highest BCUT2D eigenvalue weighted by atomic mass is 16.5. The highest BCUT2D eigenvalue weighted by molar-refractivity contribution is 6.11. The minimum atomic E-state index is -0.475. The first-order valence-corrected chi connectivity index (χ1v) is 11.9. The topological polar surface area (TPSA) is 112 Å². The molecule has 0 atom stereocenters. The van der Waals surface area contributed by atoms with Crippen LogP contribution in [0, 0.1) is 6.92 Å². The van der Waals surface area contributed by atoms with Gasteiger partial charge in [-0.25, -0.2) is 0 Å². The molecule has 4 rings (SSSR count). The van der Waals surface area contributed by atoms with Crippen LogP contribution in [0.1, 0.15) is 39.6 Å². The number of ether oxygens (including phenoxy) is 1. The number of carbonyl (C=O) groups excluding carboxylic acids is 2. The van der Waals surface area contributed by atoms with Gasteiger partial charge < -0.3 is 20.5 Å². The molecule has 0 heterocycles. The number of rotatable bonds is 8. The van der Waals surface area contributed by atoms with Crippen molar-refractivity contribution in [3.05, 3.63) is 89.5 Å². The zero-order valence-electron chi connectivity index (χ0n) is 20.9. The van der Waals surface area contributed by atoms with Crippen molar-refractivity contribution in [2.45, 2.75) is 20.3 Å². The Morgan fingerprint density at radius 1 is 0.946 bits per heavy atom. The van der Waals surface area contributed by atoms with Gasteiger partial charge in [0, 0.05) is 23.2 Å². The minimum Gasteiger partial charge on any atom is -0.505 e. The fraction of sp³-hybridized carbons (Fsp3) is 0.172. The summed E-state index contributed by atoms with van der Waals surface area (Å²) in [5, 5.41) is 26.7. The largest absolute Gasteiger partial charge is 0.505 e. The van der Waals surface area contributed by atoms with Crippen molar-refractivity contribution in [2.75, 3.05) is 19.0 Å². The van der Waals surface area contributed by atoms with Gasteiger partial charge in [-0.05, 0) is 60.7 Å². The number of hydrogen-bond donors (Lipinski definition) is 3. The normalized spacial score (nSPS) is 11.0. The van der Waals surface area contributed by atoms with Gasteiger partial charge in [0.15, 0.2) is 5.75 Å². The molecule has 0 bridgehead atoms. The fourth-order valence-electron chi connectivity index (χ4n) is 3.87. The first-order valence-electron chi connectivity index (χ1n) is 11.9. The number of benzene rings is 4. The number of fused-ring (bicyclic) bond motifs is 1. The van der Waals surface area contributed by atoms with Crippen LogP contribution in [0.2, 0.25) is 0 Å². The Labute approximate surface area is 215 Å². The summed E-state index contributed by atoms with van der Waals surface area (Å²) in [6, 6.07) is 21.1. The Kier molecular flexibility index (Phi) is 7.78. The van der Waals surface area contributed by atoms with Gasteiger partial charge in [0.05, 0.1) is 12.7 Å². The lowest BCUT2D eigenvalue weighted by Gasteiger charge is -2.12. The van der Waals surface area contributed by atoms with Crippen LogP contribution in [0.5, 0.6) is 11.5 Å². The zero-order valence-corrected chi connectivity index (χ0v) is 20.9. The van der Waals surface area contributed by atoms with Crippen LogP contribution in [0.25, 0.3) is 10.8 Å². The average molecular weight is 497 g/mol. The molecule has 2 amide bonds. The number of nitrogens with one attached hydrogen (secondary N) is 2. The van der Waals surface area contributed by atoms with Gasteiger partial charge in [-0.2, -0.15) is 0 Å². The number of aryl methyl sites for hydroxylation is 1. The van der Waals surface area contributed by atoms with E-state index in [1.54, 1.807) is 36.4 Å². The maximum atomic E-state index is 13.1. The number of methoxy groups -OCH3 is 1. The SMILES string of the molecule is CCCNC(=O)c1ccc(OC)c(N=Nc2c(O)c(C(=O)Nc3cccc(C)c3)cc3ccccc23)c1. The molecule has 4 aromatic rings. The molecule has 8 nitrogen and oxygen atoms in total. The van der Waals surface area contributed by atoms with Crippen molar-refractivity contribution in [3.8, 4) is 11.5 Å². The quantitative estimate of drug-likeness (QED) is 0.236. The van der Waals surface area contributed by atoms with Gasteiger partial charge in [0.1, 0.15) is 17.1 Å². The summed E-state index contributed by atoms with van der Waals surface area (Å²) in [6.45, 7) is 4.46. The molecule has 37 heavy (non-hydrogen) atoms. The van der Waals surface area contributed by atoms with Crippen molar-refractivity contribution >= 4 is 39.6 Å². The molecule has 0 saturated heterocycles. The summed E-state index contributed by atoms with van der Waals surface area (Å²) in [6.07, 6.45) is 0.814. The number of phenolic OH excluding ortho intramolecular Hbond substituents is 1. The van der Waals surface area contributed by atoms with Gasteiger partial charge >= 0.3 is 0 Å². The number of hydrogen-bond acceptors (Lipinski definition) is 6. The van der Waals surface area contributed by atoms with E-state index in [-0.39, 0.29) is 22.9 Å². The Morgan fingerprint density at radius 3 is 2.51 bits per heavy atom. The van der Waals surface area contributed by atoms with Crippen molar-refractivity contribution in [3.63, 3.8) is 0 Å². The van der Waals surface area contributed by atoms with Crippen molar-refractivity contribution in [2.24, 2.45) is 10.2 Å². The zero-order chi connectivity index (χ0) is 26.4. The maximum absolute atomic E-state index is 13.1. The monoisotopic (exact) mass is 496 g/mol. The molecular weight excluding hydrogens is 468 g/mol. The van der Waals surface area contributed by atoms with Gasteiger partial charge in [-0.1, -0.05) is 43.3 Å². The molecule has 3 N–H and O–H groups in total. The Balaban J connectivity index is 1.75. The third kappa shape index (κ3) is 5.75. The number of carbonyl (C=O) groups is 2. The van der Waals surface area contributed by atoms with Gasteiger partial charge in [0.2, 0.25) is 0 Å². The third-order valence-corrected chi connectivity index (χ3v) is 5.75. The molecule has 0 fully saturated rings. The summed E-state index contributed by atoms with van der Waals surface area (Å²) in [7, 11) is 1.49. The molecule has 0 aliphatic carbocycles. The molecule has 0 aliphatic heterocycles. The second-order valence-electron chi connectivity index (χ2n) is 8.51. The Hall–Kier alpha value is -4.72. The smallest absolute Gasteiger partial charge is 0.259 e. The van der Waals surface area contributed by atoms with E-state index in [4.69, 9.17) is 4.74 Å². The second kappa shape index (κ2) is 11.3. The van der Waals surface area contributed by atoms with Crippen molar-refractivity contribution < 1.29 is 19.4 Å². The minimum absolute atomic E-state index is 0.0637. The molecule has 4 aromatic carbocycles. The van der Waals surface area contributed by atoms with E-state index in [2.05, 4.69) is 20.9 Å². The average Bonchev–Trinajstić information content (AvgIpc) is 2.90. The lowest BCUT2D eigenvalue weighted by Crippen LogP contribution is -2.23. The highest BCUT2D eigenvalue weighted by Gasteiger charge is 2.19. The van der Waals surface area contributed by atoms with Crippen LogP contribution < -0.4 is 15.4 Å². The number of anilines is 1. The summed E-state index contributed by atoms with van der Waals surface area (Å²) in [4.78, 5) is 25.6. The number of phenols is 1. The molecular formula is C29H28N4O4. The van der Waals surface area contributed by atoms with Crippen LogP contribution in [0.15, 0.2) is 83.0 Å². The molecule has 0 aliphatic rings. The first-order chi connectivity index (χ1) is 17.9. The molecule has 8 heteroatoms. The van der Waals surface area contributed by atoms with E-state index in [9.17, 15) is 14.7 Å². The number of nitrogens with zero attached hydrogens (tertiary/aromatic N) is 2. The summed E-state index contributed by atoms with van der Waals surface area (Å²) in [5.41, 5.74) is 2.52. The standard InChI is InChI=1S/C29H28N4O4/c1-4-14-30-28(35)20-12-13-25(37-3)24(17-20)32-33-26-22-11-6-5-9-19(22)16-23(27(26)34)29(36)31-21-10-7-8-18(2)15-21/h5-13,15-17,34H,4,14H2,1-3H3,(H,30,35)(H,31,36). The lowest BCUT2D eigenvalue weighted by atomic mass is 10.0. The van der Waals surface area contributed by atoms with Gasteiger partial charge in [-0.15, -0.1) is 10.2 Å². The first kappa shape index (κ1) is 25.4. The Bertz CT molecular complexity index is 1500. The van der Waals surface area contributed by atoms with Crippen LogP contribution in [-0.4, -0.2) is 30.6 Å². The van der Waals surface area contributed by atoms with Crippen molar-refractivity contribution in [1.29, 1.82) is 0 Å². The molecule has 0 unspecified atom stereocenters. The molecule has 0 saturated carbocycles. The predicted octanol–water partition coefficient (Wildman–Crippen LogP) is 6.67. The number of aromatic hydroxyl groups is 1. The van der Waals surface area contributed by atoms with E-state index in [0.29, 0.717) is 40.0 Å². The lowest BCUT2D eigenvalue weighted by molar-refractivity contribution is 0.0952. The number of amides is 2.